The summed E-state index contributed by atoms with van der Waals surface area (Å²) in [7, 11) is 0. The molecule has 2 rings (SSSR count). The van der Waals surface area contributed by atoms with Gasteiger partial charge in [-0.2, -0.15) is 0 Å². The molecular weight excluding hydrogens is 176 g/mol. The summed E-state index contributed by atoms with van der Waals surface area (Å²) in [5.41, 5.74) is -0.420. The molecule has 0 aliphatic heterocycles. The van der Waals surface area contributed by atoms with Gasteiger partial charge in [-0.15, -0.1) is 0 Å². The minimum atomic E-state index is -0.420. The quantitative estimate of drug-likeness (QED) is 0.752. The van der Waals surface area contributed by atoms with Gasteiger partial charge in [0.05, 0.1) is 11.7 Å². The van der Waals surface area contributed by atoms with Crippen LogP contribution in [0.5, 0.6) is 0 Å². The fourth-order valence-electron chi connectivity index (χ4n) is 2.19. The number of rotatable bonds is 4. The maximum absolute atomic E-state index is 9.76. The Morgan fingerprint density at radius 2 is 1.86 bits per heavy atom. The largest absolute Gasteiger partial charge is 0.390 e. The van der Waals surface area contributed by atoms with Crippen LogP contribution in [0.3, 0.4) is 0 Å². The normalized spacial score (nSPS) is 38.6. The van der Waals surface area contributed by atoms with Crippen LogP contribution in [0.15, 0.2) is 0 Å². The van der Waals surface area contributed by atoms with E-state index in [2.05, 4.69) is 0 Å². The van der Waals surface area contributed by atoms with Crippen molar-refractivity contribution in [3.8, 4) is 0 Å². The highest BCUT2D eigenvalue weighted by molar-refractivity contribution is 4.82. The summed E-state index contributed by atoms with van der Waals surface area (Å²) in [5.74, 6) is 0.974. The lowest BCUT2D eigenvalue weighted by atomic mass is 9.85. The van der Waals surface area contributed by atoms with Crippen LogP contribution in [0, 0.1) is 5.92 Å². The van der Waals surface area contributed by atoms with E-state index in [9.17, 15) is 5.11 Å². The van der Waals surface area contributed by atoms with Crippen molar-refractivity contribution >= 4 is 0 Å². The van der Waals surface area contributed by atoms with Gasteiger partial charge in [0.15, 0.2) is 0 Å². The molecule has 2 saturated carbocycles. The van der Waals surface area contributed by atoms with E-state index in [4.69, 9.17) is 4.74 Å². The standard InChI is InChI=1S/C12H22O2/c1-12(13)7-4-11(5-8-12)14-9-6-10-2-3-10/h10-11,13H,2-9H2,1H3. The van der Waals surface area contributed by atoms with Crippen LogP contribution in [0.1, 0.15) is 51.9 Å². The molecule has 82 valence electrons. The first-order chi connectivity index (χ1) is 6.66. The maximum atomic E-state index is 9.76. The second kappa shape index (κ2) is 4.19. The molecule has 1 N–H and O–H groups in total. The van der Waals surface area contributed by atoms with Crippen LogP contribution in [0.4, 0.5) is 0 Å². The van der Waals surface area contributed by atoms with E-state index < -0.39 is 5.60 Å². The number of aliphatic hydroxyl groups is 1. The lowest BCUT2D eigenvalue weighted by molar-refractivity contribution is -0.0466. The van der Waals surface area contributed by atoms with E-state index in [0.29, 0.717) is 6.10 Å². The van der Waals surface area contributed by atoms with E-state index in [0.717, 1.165) is 38.2 Å². The SMILES string of the molecule is CC1(O)CCC(OCCC2CC2)CC1. The fraction of sp³-hybridized carbons (Fsp3) is 1.00. The van der Waals surface area contributed by atoms with Crippen LogP contribution in [-0.4, -0.2) is 23.4 Å². The van der Waals surface area contributed by atoms with Crippen molar-refractivity contribution in [3.05, 3.63) is 0 Å². The van der Waals surface area contributed by atoms with Gasteiger partial charge in [-0.3, -0.25) is 0 Å². The smallest absolute Gasteiger partial charge is 0.0621 e. The summed E-state index contributed by atoms with van der Waals surface area (Å²) in [4.78, 5) is 0. The first kappa shape index (κ1) is 10.4. The first-order valence-corrected chi connectivity index (χ1v) is 6.00. The highest BCUT2D eigenvalue weighted by Crippen LogP contribution is 2.33. The average molecular weight is 198 g/mol. The van der Waals surface area contributed by atoms with Gasteiger partial charge >= 0.3 is 0 Å². The Morgan fingerprint density at radius 3 is 2.43 bits per heavy atom. The number of ether oxygens (including phenoxy) is 1. The van der Waals surface area contributed by atoms with Crippen molar-refractivity contribution in [2.45, 2.75) is 63.6 Å². The summed E-state index contributed by atoms with van der Waals surface area (Å²) >= 11 is 0. The van der Waals surface area contributed by atoms with Gasteiger partial charge in [-0.1, -0.05) is 12.8 Å². The third kappa shape index (κ3) is 3.25. The zero-order valence-corrected chi connectivity index (χ0v) is 9.17. The van der Waals surface area contributed by atoms with Gasteiger partial charge in [-0.25, -0.2) is 0 Å². The van der Waals surface area contributed by atoms with Crippen LogP contribution >= 0.6 is 0 Å². The van der Waals surface area contributed by atoms with Crippen molar-refractivity contribution in [3.63, 3.8) is 0 Å². The van der Waals surface area contributed by atoms with Crippen molar-refractivity contribution < 1.29 is 9.84 Å². The van der Waals surface area contributed by atoms with Crippen LogP contribution in [0.2, 0.25) is 0 Å². The molecule has 2 nitrogen and oxygen atoms in total. The molecule has 0 bridgehead atoms. The Labute approximate surface area is 86.6 Å². The van der Waals surface area contributed by atoms with E-state index in [1.165, 1.54) is 19.3 Å². The number of hydrogen-bond acceptors (Lipinski definition) is 2. The Kier molecular flexibility index (Phi) is 3.13. The average Bonchev–Trinajstić information content (AvgIpc) is 2.92. The summed E-state index contributed by atoms with van der Waals surface area (Å²) in [6, 6.07) is 0. The van der Waals surface area contributed by atoms with E-state index in [1.807, 2.05) is 6.92 Å². The van der Waals surface area contributed by atoms with Gasteiger partial charge in [0.2, 0.25) is 0 Å². The zero-order chi connectivity index (χ0) is 10.0. The van der Waals surface area contributed by atoms with Gasteiger partial charge in [0.25, 0.3) is 0 Å². The molecule has 2 aliphatic carbocycles. The second-order valence-electron chi connectivity index (χ2n) is 5.30. The molecule has 0 unspecified atom stereocenters. The molecule has 14 heavy (non-hydrogen) atoms. The summed E-state index contributed by atoms with van der Waals surface area (Å²) in [6.07, 6.45) is 8.41. The molecule has 2 fully saturated rings. The van der Waals surface area contributed by atoms with Crippen molar-refractivity contribution in [2.75, 3.05) is 6.61 Å². The van der Waals surface area contributed by atoms with Gasteiger partial charge in [-0.05, 0) is 44.9 Å². The Hall–Kier alpha value is -0.0800. The highest BCUT2D eigenvalue weighted by atomic mass is 16.5. The van der Waals surface area contributed by atoms with E-state index in [1.54, 1.807) is 0 Å². The molecule has 2 heteroatoms. The molecule has 0 aromatic heterocycles. The zero-order valence-electron chi connectivity index (χ0n) is 9.17. The molecular formula is C12H22O2. The number of hydrogen-bond donors (Lipinski definition) is 1. The molecule has 0 aromatic rings. The topological polar surface area (TPSA) is 29.5 Å². The Balaban J connectivity index is 1.58. The molecule has 0 aromatic carbocycles. The summed E-state index contributed by atoms with van der Waals surface area (Å²) in [6.45, 7) is 2.88. The fourth-order valence-corrected chi connectivity index (χ4v) is 2.19. The first-order valence-electron chi connectivity index (χ1n) is 6.00. The minimum absolute atomic E-state index is 0.420. The second-order valence-corrected chi connectivity index (χ2v) is 5.30. The molecule has 0 heterocycles. The van der Waals surface area contributed by atoms with Gasteiger partial charge in [0, 0.05) is 6.61 Å². The van der Waals surface area contributed by atoms with Crippen molar-refractivity contribution in [2.24, 2.45) is 5.92 Å². The van der Waals surface area contributed by atoms with Crippen LogP contribution < -0.4 is 0 Å². The molecule has 0 saturated heterocycles. The monoisotopic (exact) mass is 198 g/mol. The van der Waals surface area contributed by atoms with Gasteiger partial charge < -0.3 is 9.84 Å². The summed E-state index contributed by atoms with van der Waals surface area (Å²) < 4.78 is 5.82. The molecule has 2 aliphatic rings. The molecule has 0 spiro atoms. The van der Waals surface area contributed by atoms with Crippen molar-refractivity contribution in [1.29, 1.82) is 0 Å². The van der Waals surface area contributed by atoms with Gasteiger partial charge in [0.1, 0.15) is 0 Å². The lowest BCUT2D eigenvalue weighted by Crippen LogP contribution is -2.33. The van der Waals surface area contributed by atoms with E-state index >= 15 is 0 Å². The Morgan fingerprint density at radius 1 is 1.21 bits per heavy atom. The minimum Gasteiger partial charge on any atom is -0.390 e. The highest BCUT2D eigenvalue weighted by Gasteiger charge is 2.29. The predicted molar refractivity (Wildman–Crippen MR) is 56.2 cm³/mol. The van der Waals surface area contributed by atoms with E-state index in [-0.39, 0.29) is 0 Å². The molecule has 0 amide bonds. The van der Waals surface area contributed by atoms with Crippen molar-refractivity contribution in [1.82, 2.24) is 0 Å². The maximum Gasteiger partial charge on any atom is 0.0621 e. The molecule has 0 atom stereocenters. The Bertz CT molecular complexity index is 175. The van der Waals surface area contributed by atoms with Crippen LogP contribution in [-0.2, 0) is 4.74 Å². The third-order valence-corrected chi connectivity index (χ3v) is 3.59. The molecule has 0 radical (unpaired) electrons. The van der Waals surface area contributed by atoms with Crippen LogP contribution in [0.25, 0.3) is 0 Å². The predicted octanol–water partition coefficient (Wildman–Crippen LogP) is 2.50. The third-order valence-electron chi connectivity index (χ3n) is 3.59. The summed E-state index contributed by atoms with van der Waals surface area (Å²) in [5, 5.41) is 9.76. The lowest BCUT2D eigenvalue weighted by Gasteiger charge is -2.32.